The van der Waals surface area contributed by atoms with Crippen molar-refractivity contribution in [2.75, 3.05) is 19.7 Å². The molecule has 30 heavy (non-hydrogen) atoms. The topological polar surface area (TPSA) is 58.6 Å². The van der Waals surface area contributed by atoms with Crippen LogP contribution in [0.5, 0.6) is 5.75 Å². The van der Waals surface area contributed by atoms with Crippen LogP contribution in [0.1, 0.15) is 47.4 Å². The maximum Gasteiger partial charge on any atom is 0.253 e. The van der Waals surface area contributed by atoms with E-state index >= 15 is 0 Å². The van der Waals surface area contributed by atoms with Crippen molar-refractivity contribution < 1.29 is 23.1 Å². The second kappa shape index (κ2) is 9.69. The fourth-order valence-electron chi connectivity index (χ4n) is 3.46. The predicted octanol–water partition coefficient (Wildman–Crippen LogP) is 4.03. The first-order chi connectivity index (χ1) is 14.3. The molecular weight excluding hydrogens is 390 g/mol. The molecule has 1 N–H and O–H groups in total. The fourth-order valence-corrected chi connectivity index (χ4v) is 3.46. The average Bonchev–Trinajstić information content (AvgIpc) is 2.74. The van der Waals surface area contributed by atoms with E-state index in [0.717, 1.165) is 25.0 Å². The van der Waals surface area contributed by atoms with Crippen molar-refractivity contribution in [3.05, 3.63) is 65.2 Å². The van der Waals surface area contributed by atoms with E-state index < -0.39 is 11.6 Å². The number of nitrogens with zero attached hydrogens (tertiary/aromatic N) is 1. The number of amides is 2. The Morgan fingerprint density at radius 1 is 1.10 bits per heavy atom. The van der Waals surface area contributed by atoms with Crippen molar-refractivity contribution in [3.8, 4) is 5.75 Å². The summed E-state index contributed by atoms with van der Waals surface area (Å²) in [5, 5.41) is 2.84. The van der Waals surface area contributed by atoms with E-state index in [1.54, 1.807) is 29.2 Å². The molecule has 0 bridgehead atoms. The van der Waals surface area contributed by atoms with Crippen LogP contribution in [-0.2, 0) is 0 Å². The zero-order chi connectivity index (χ0) is 21.7. The third kappa shape index (κ3) is 5.55. The van der Waals surface area contributed by atoms with Crippen LogP contribution in [0.2, 0.25) is 0 Å². The minimum atomic E-state index is -1.02. The molecule has 1 saturated heterocycles. The van der Waals surface area contributed by atoms with Gasteiger partial charge in [0, 0.05) is 36.2 Å². The first-order valence-electron chi connectivity index (χ1n) is 10.1. The molecule has 0 spiro atoms. The number of nitrogens with one attached hydrogen (secondary N) is 1. The van der Waals surface area contributed by atoms with Crippen molar-refractivity contribution in [3.63, 3.8) is 0 Å². The molecule has 2 amide bonds. The van der Waals surface area contributed by atoms with Gasteiger partial charge in [0.05, 0.1) is 6.61 Å². The Labute approximate surface area is 175 Å². The summed E-state index contributed by atoms with van der Waals surface area (Å²) >= 11 is 0. The third-order valence-corrected chi connectivity index (χ3v) is 4.99. The Bertz CT molecular complexity index is 900. The second-order valence-corrected chi connectivity index (χ2v) is 7.85. The summed E-state index contributed by atoms with van der Waals surface area (Å²) in [6.07, 6.45) is 1.73. The lowest BCUT2D eigenvalue weighted by Crippen LogP contribution is -2.41. The van der Waals surface area contributed by atoms with Crippen molar-refractivity contribution in [1.82, 2.24) is 10.2 Å². The molecule has 2 aromatic carbocycles. The van der Waals surface area contributed by atoms with E-state index in [9.17, 15) is 18.4 Å². The van der Waals surface area contributed by atoms with Crippen LogP contribution in [0.25, 0.3) is 0 Å². The van der Waals surface area contributed by atoms with Crippen molar-refractivity contribution in [2.24, 2.45) is 5.92 Å². The lowest BCUT2D eigenvalue weighted by atomic mass is 9.98. The monoisotopic (exact) mass is 416 g/mol. The highest BCUT2D eigenvalue weighted by atomic mass is 19.2. The first-order valence-corrected chi connectivity index (χ1v) is 10.1. The first kappa shape index (κ1) is 21.7. The molecule has 1 fully saturated rings. The molecule has 5 nitrogen and oxygen atoms in total. The van der Waals surface area contributed by atoms with Gasteiger partial charge in [-0.15, -0.1) is 0 Å². The SMILES string of the molecule is CC(C)NC(=O)c1ccc(OC[C@@H]2CCCN(C(=O)c3ccc(F)c(F)c3)C2)cc1. The predicted molar refractivity (Wildman–Crippen MR) is 110 cm³/mol. The number of hydrogen-bond donors (Lipinski definition) is 1. The van der Waals surface area contributed by atoms with Gasteiger partial charge in [0.2, 0.25) is 0 Å². The molecule has 1 aliphatic heterocycles. The van der Waals surface area contributed by atoms with Gasteiger partial charge in [-0.05, 0) is 69.2 Å². The molecule has 2 aromatic rings. The van der Waals surface area contributed by atoms with Gasteiger partial charge in [-0.2, -0.15) is 0 Å². The summed E-state index contributed by atoms with van der Waals surface area (Å²) in [5.41, 5.74) is 0.711. The number of halogens is 2. The van der Waals surface area contributed by atoms with Crippen molar-refractivity contribution in [2.45, 2.75) is 32.7 Å². The Hall–Kier alpha value is -2.96. The largest absolute Gasteiger partial charge is 0.493 e. The summed E-state index contributed by atoms with van der Waals surface area (Å²) in [6.45, 7) is 5.31. The van der Waals surface area contributed by atoms with Crippen molar-refractivity contribution in [1.29, 1.82) is 0 Å². The minimum Gasteiger partial charge on any atom is -0.493 e. The molecule has 1 heterocycles. The number of hydrogen-bond acceptors (Lipinski definition) is 3. The van der Waals surface area contributed by atoms with Crippen LogP contribution < -0.4 is 10.1 Å². The van der Waals surface area contributed by atoms with E-state index in [2.05, 4.69) is 5.32 Å². The van der Waals surface area contributed by atoms with E-state index in [4.69, 9.17) is 4.74 Å². The zero-order valence-electron chi connectivity index (χ0n) is 17.2. The van der Waals surface area contributed by atoms with Gasteiger partial charge in [-0.1, -0.05) is 0 Å². The number of benzene rings is 2. The second-order valence-electron chi connectivity index (χ2n) is 7.85. The lowest BCUT2D eigenvalue weighted by molar-refractivity contribution is 0.0632. The highest BCUT2D eigenvalue weighted by Crippen LogP contribution is 2.21. The van der Waals surface area contributed by atoms with Crippen LogP contribution in [-0.4, -0.2) is 42.5 Å². The number of likely N-dealkylation sites (tertiary alicyclic amines) is 1. The quantitative estimate of drug-likeness (QED) is 0.773. The van der Waals surface area contributed by atoms with Gasteiger partial charge in [0.1, 0.15) is 5.75 Å². The molecule has 7 heteroatoms. The molecule has 0 aromatic heterocycles. The van der Waals surface area contributed by atoms with E-state index in [1.807, 2.05) is 13.8 Å². The number of ether oxygens (including phenoxy) is 1. The smallest absolute Gasteiger partial charge is 0.253 e. The van der Waals surface area contributed by atoms with Gasteiger partial charge >= 0.3 is 0 Å². The average molecular weight is 416 g/mol. The van der Waals surface area contributed by atoms with E-state index in [-0.39, 0.29) is 29.3 Å². The molecule has 3 rings (SSSR count). The number of carbonyl (C=O) groups excluding carboxylic acids is 2. The van der Waals surface area contributed by atoms with Crippen LogP contribution in [0.4, 0.5) is 8.78 Å². The Balaban J connectivity index is 1.54. The molecule has 1 atom stereocenters. The molecule has 1 aliphatic rings. The lowest BCUT2D eigenvalue weighted by Gasteiger charge is -2.32. The maximum absolute atomic E-state index is 13.4. The minimum absolute atomic E-state index is 0.0665. The van der Waals surface area contributed by atoms with E-state index in [1.165, 1.54) is 6.07 Å². The number of rotatable bonds is 6. The summed E-state index contributed by atoms with van der Waals surface area (Å²) in [4.78, 5) is 26.3. The molecule has 0 saturated carbocycles. The Kier molecular flexibility index (Phi) is 7.03. The van der Waals surface area contributed by atoms with Gasteiger partial charge in [0.25, 0.3) is 11.8 Å². The standard InChI is InChI=1S/C23H26F2N2O3/c1-15(2)26-22(28)17-5-8-19(9-6-17)30-14-16-4-3-11-27(13-16)23(29)18-7-10-20(24)21(25)12-18/h5-10,12,15-16H,3-4,11,13-14H2,1-2H3,(H,26,28)/t16-/m1/s1. The third-order valence-electron chi connectivity index (χ3n) is 4.99. The fraction of sp³-hybridized carbons (Fsp3) is 0.391. The van der Waals surface area contributed by atoms with Gasteiger partial charge in [-0.3, -0.25) is 9.59 Å². The zero-order valence-corrected chi connectivity index (χ0v) is 17.2. The van der Waals surface area contributed by atoms with Gasteiger partial charge in [0.15, 0.2) is 11.6 Å². The normalized spacial score (nSPS) is 16.4. The Morgan fingerprint density at radius 2 is 1.80 bits per heavy atom. The van der Waals surface area contributed by atoms with Crippen molar-refractivity contribution >= 4 is 11.8 Å². The number of carbonyl (C=O) groups is 2. The van der Waals surface area contributed by atoms with Gasteiger partial charge < -0.3 is 15.0 Å². The van der Waals surface area contributed by atoms with Crippen LogP contribution in [0.3, 0.4) is 0 Å². The van der Waals surface area contributed by atoms with Gasteiger partial charge in [-0.25, -0.2) is 8.78 Å². The summed E-state index contributed by atoms with van der Waals surface area (Å²) in [6, 6.07) is 10.2. The molecular formula is C23H26F2N2O3. The summed E-state index contributed by atoms with van der Waals surface area (Å²) < 4.78 is 32.4. The maximum atomic E-state index is 13.4. The summed E-state index contributed by atoms with van der Waals surface area (Å²) in [5.74, 6) is -1.64. The molecule has 0 aliphatic carbocycles. The molecule has 0 unspecified atom stereocenters. The van der Waals surface area contributed by atoms with E-state index in [0.29, 0.717) is 31.0 Å². The highest BCUT2D eigenvalue weighted by Gasteiger charge is 2.25. The Morgan fingerprint density at radius 3 is 2.47 bits per heavy atom. The van der Waals surface area contributed by atoms with Crippen LogP contribution >= 0.6 is 0 Å². The number of piperidine rings is 1. The highest BCUT2D eigenvalue weighted by molar-refractivity contribution is 5.94. The van der Waals surface area contributed by atoms with Crippen LogP contribution in [0, 0.1) is 17.6 Å². The molecule has 160 valence electrons. The molecule has 0 radical (unpaired) electrons. The van der Waals surface area contributed by atoms with Crippen LogP contribution in [0.15, 0.2) is 42.5 Å². The summed E-state index contributed by atoms with van der Waals surface area (Å²) in [7, 11) is 0.